The Bertz CT molecular complexity index is 486. The van der Waals surface area contributed by atoms with Crippen LogP contribution in [0.4, 0.5) is 0 Å². The minimum absolute atomic E-state index is 0. The molecule has 1 aromatic carbocycles. The molecule has 0 radical (unpaired) electrons. The average Bonchev–Trinajstić information content (AvgIpc) is 1.99. The second kappa shape index (κ2) is 8.13. The van der Waals surface area contributed by atoms with E-state index in [0.29, 0.717) is 5.56 Å². The molecule has 0 aromatic heterocycles. The molecule has 0 saturated heterocycles. The van der Waals surface area contributed by atoms with Crippen LogP contribution in [0.1, 0.15) is 5.56 Å². The van der Waals surface area contributed by atoms with Gasteiger partial charge in [-0.15, -0.1) is 0 Å². The summed E-state index contributed by atoms with van der Waals surface area (Å²) >= 11 is 0. The van der Waals surface area contributed by atoms with Gasteiger partial charge in [0.25, 0.3) is 10.1 Å². The second-order valence-corrected chi connectivity index (χ2v) is 5.17. The summed E-state index contributed by atoms with van der Waals surface area (Å²) in [6.45, 7) is 1.63. The van der Waals surface area contributed by atoms with Gasteiger partial charge in [-0.25, -0.2) is 4.57 Å². The molecule has 7 nitrogen and oxygen atoms in total. The molecule has 0 spiro atoms. The standard InChI is InChI=1S/C7H8O3S.K.H3O4P.H/c1-6-4-2-3-5-7(6)11(8,9)10;;1-5(2,3)4;/h2-5H,1H3,(H,8,9,10);;(H3,1,2,3,4);. The summed E-state index contributed by atoms with van der Waals surface area (Å²) in [6.07, 6.45) is 0. The Morgan fingerprint density at radius 1 is 1.12 bits per heavy atom. The van der Waals surface area contributed by atoms with Crippen molar-refractivity contribution >= 4 is 69.3 Å². The Balaban J connectivity index is 0. The van der Waals surface area contributed by atoms with E-state index in [1.54, 1.807) is 25.1 Å². The third-order valence-corrected chi connectivity index (χ3v) is 2.39. The summed E-state index contributed by atoms with van der Waals surface area (Å²) in [4.78, 5) is 21.5. The van der Waals surface area contributed by atoms with E-state index < -0.39 is 17.9 Å². The Kier molecular flexibility index (Phi) is 9.66. The molecule has 17 heavy (non-hydrogen) atoms. The molecule has 94 valence electrons. The molecule has 0 saturated carbocycles. The normalized spacial score (nSPS) is 10.9. The molecule has 4 N–H and O–H groups in total. The topological polar surface area (TPSA) is 132 Å². The van der Waals surface area contributed by atoms with Crippen molar-refractivity contribution in [1.82, 2.24) is 0 Å². The summed E-state index contributed by atoms with van der Waals surface area (Å²) in [5, 5.41) is 0. The van der Waals surface area contributed by atoms with Gasteiger partial charge in [-0.05, 0) is 18.6 Å². The quantitative estimate of drug-likeness (QED) is 0.317. The van der Waals surface area contributed by atoms with Crippen molar-refractivity contribution in [3.05, 3.63) is 29.8 Å². The third-order valence-electron chi connectivity index (χ3n) is 1.37. The Morgan fingerprint density at radius 3 is 1.71 bits per heavy atom. The summed E-state index contributed by atoms with van der Waals surface area (Å²) in [6, 6.07) is 6.27. The zero-order chi connectivity index (χ0) is 13.0. The van der Waals surface area contributed by atoms with Gasteiger partial charge in [-0.3, -0.25) is 4.55 Å². The molecule has 1 aromatic rings. The molecule has 0 aliphatic heterocycles. The van der Waals surface area contributed by atoms with Crippen molar-refractivity contribution in [3.8, 4) is 0 Å². The first kappa shape index (κ1) is 20.2. The van der Waals surface area contributed by atoms with Crippen molar-refractivity contribution in [3.63, 3.8) is 0 Å². The Labute approximate surface area is 141 Å². The van der Waals surface area contributed by atoms with Crippen molar-refractivity contribution in [2.45, 2.75) is 11.8 Å². The van der Waals surface area contributed by atoms with E-state index in [1.807, 2.05) is 0 Å². The van der Waals surface area contributed by atoms with Gasteiger partial charge < -0.3 is 14.7 Å². The molecule has 0 aliphatic rings. The monoisotopic (exact) mass is 310 g/mol. The first-order chi connectivity index (χ1) is 7.02. The number of hydrogen-bond acceptors (Lipinski definition) is 3. The zero-order valence-corrected chi connectivity index (χ0v) is 9.89. The first-order valence-corrected chi connectivity index (χ1v) is 6.84. The molecule has 0 atom stereocenters. The van der Waals surface area contributed by atoms with E-state index in [9.17, 15) is 8.42 Å². The van der Waals surface area contributed by atoms with Crippen molar-refractivity contribution in [2.24, 2.45) is 0 Å². The van der Waals surface area contributed by atoms with E-state index >= 15 is 0 Å². The summed E-state index contributed by atoms with van der Waals surface area (Å²) < 4.78 is 38.7. The second-order valence-electron chi connectivity index (χ2n) is 2.75. The third kappa shape index (κ3) is 11.7. The maximum atomic E-state index is 10.6. The van der Waals surface area contributed by atoms with Crippen molar-refractivity contribution < 1.29 is 32.2 Å². The van der Waals surface area contributed by atoms with E-state index in [-0.39, 0.29) is 56.3 Å². The number of hydrogen-bond donors (Lipinski definition) is 4. The fraction of sp³-hybridized carbons (Fsp3) is 0.143. The zero-order valence-electron chi connectivity index (χ0n) is 8.18. The summed E-state index contributed by atoms with van der Waals surface area (Å²) in [5.41, 5.74) is 0.551. The molecular formula is C7H12KO7PS. The molecule has 1 rings (SSSR count). The molecule has 10 heteroatoms. The molecular weight excluding hydrogens is 298 g/mol. The van der Waals surface area contributed by atoms with Crippen molar-refractivity contribution in [2.75, 3.05) is 0 Å². The maximum absolute atomic E-state index is 10.6. The van der Waals surface area contributed by atoms with Crippen LogP contribution in [0, 0.1) is 6.92 Å². The van der Waals surface area contributed by atoms with Gasteiger partial charge >= 0.3 is 59.2 Å². The average molecular weight is 310 g/mol. The van der Waals surface area contributed by atoms with Crippen LogP contribution >= 0.6 is 7.82 Å². The summed E-state index contributed by atoms with van der Waals surface area (Å²) in [7, 11) is -8.67. The van der Waals surface area contributed by atoms with Crippen LogP contribution in [0.2, 0.25) is 0 Å². The molecule has 0 amide bonds. The van der Waals surface area contributed by atoms with E-state index in [1.165, 1.54) is 6.07 Å². The van der Waals surface area contributed by atoms with Gasteiger partial charge in [-0.1, -0.05) is 18.2 Å². The fourth-order valence-corrected chi connectivity index (χ4v) is 1.57. The number of aryl methyl sites for hydroxylation is 1. The van der Waals surface area contributed by atoms with Crippen LogP contribution in [-0.4, -0.2) is 79.0 Å². The van der Waals surface area contributed by atoms with Crippen LogP contribution in [-0.2, 0) is 14.7 Å². The fourth-order valence-electron chi connectivity index (χ4n) is 0.846. The molecule has 0 fully saturated rings. The number of phosphoric acid groups is 1. The molecule has 0 heterocycles. The van der Waals surface area contributed by atoms with Gasteiger partial charge in [0.05, 0.1) is 4.90 Å². The molecule has 0 aliphatic carbocycles. The van der Waals surface area contributed by atoms with Crippen LogP contribution in [0.5, 0.6) is 0 Å². The minimum atomic E-state index is -4.64. The predicted octanol–water partition coefficient (Wildman–Crippen LogP) is -0.335. The molecule has 0 bridgehead atoms. The number of benzene rings is 1. The predicted molar refractivity (Wildman–Crippen MR) is 62.4 cm³/mol. The van der Waals surface area contributed by atoms with E-state index in [2.05, 4.69) is 0 Å². The first-order valence-electron chi connectivity index (χ1n) is 3.83. The Morgan fingerprint density at radius 2 is 1.47 bits per heavy atom. The van der Waals surface area contributed by atoms with Crippen LogP contribution in [0.15, 0.2) is 29.2 Å². The van der Waals surface area contributed by atoms with Gasteiger partial charge in [-0.2, -0.15) is 8.42 Å². The Hall–Kier alpha value is 0.876. The molecule has 0 unspecified atom stereocenters. The van der Waals surface area contributed by atoms with Gasteiger partial charge in [0.2, 0.25) is 0 Å². The van der Waals surface area contributed by atoms with Crippen LogP contribution in [0.3, 0.4) is 0 Å². The number of rotatable bonds is 1. The van der Waals surface area contributed by atoms with Crippen LogP contribution in [0.25, 0.3) is 0 Å². The SMILES string of the molecule is Cc1ccccc1S(=O)(=O)O.O=P(O)(O)O.[KH]. The van der Waals surface area contributed by atoms with Gasteiger partial charge in [0.1, 0.15) is 0 Å². The van der Waals surface area contributed by atoms with Crippen LogP contribution < -0.4 is 0 Å². The van der Waals surface area contributed by atoms with Gasteiger partial charge in [0, 0.05) is 0 Å². The van der Waals surface area contributed by atoms with E-state index in [4.69, 9.17) is 23.8 Å². The van der Waals surface area contributed by atoms with Crippen molar-refractivity contribution in [1.29, 1.82) is 0 Å². The summed E-state index contributed by atoms with van der Waals surface area (Å²) in [5.74, 6) is 0. The van der Waals surface area contributed by atoms with E-state index in [0.717, 1.165) is 0 Å². The van der Waals surface area contributed by atoms with Gasteiger partial charge in [0.15, 0.2) is 0 Å².